The van der Waals surface area contributed by atoms with Crippen molar-refractivity contribution in [3.63, 3.8) is 0 Å². The van der Waals surface area contributed by atoms with Gasteiger partial charge in [-0.15, -0.1) is 0 Å². The van der Waals surface area contributed by atoms with Crippen LogP contribution in [0.15, 0.2) is 12.4 Å². The van der Waals surface area contributed by atoms with Crippen molar-refractivity contribution in [2.24, 2.45) is 7.05 Å². The predicted molar refractivity (Wildman–Crippen MR) is 72.0 cm³/mol. The number of hydrogen-bond acceptors (Lipinski definition) is 5. The number of anilines is 1. The zero-order chi connectivity index (χ0) is 13.8. The third-order valence-electron chi connectivity index (χ3n) is 2.27. The van der Waals surface area contributed by atoms with Crippen LogP contribution < -0.4 is 5.32 Å². The number of carbonyl (C=O) groups is 1. The Balaban J connectivity index is 2.11. The third kappa shape index (κ3) is 3.19. The van der Waals surface area contributed by atoms with Gasteiger partial charge < -0.3 is 5.11 Å². The van der Waals surface area contributed by atoms with Crippen LogP contribution in [-0.4, -0.2) is 32.4 Å². The Morgan fingerprint density at radius 2 is 2.42 bits per heavy atom. The highest BCUT2D eigenvalue weighted by molar-refractivity contribution is 7.16. The Morgan fingerprint density at radius 3 is 3.05 bits per heavy atom. The molecule has 0 saturated heterocycles. The summed E-state index contributed by atoms with van der Waals surface area (Å²) in [6.45, 7) is 1.57. The van der Waals surface area contributed by atoms with E-state index in [0.29, 0.717) is 21.3 Å². The standard InChI is InChI=1S/C12H12N4O2S/c1-8-10(7-16(2)15-8)11(18)14-12-13-6-9(19-12)4-3-5-17/h6-7,17H,5H2,1-2H3,(H,13,14,18). The highest BCUT2D eigenvalue weighted by Crippen LogP contribution is 2.18. The average Bonchev–Trinajstić information content (AvgIpc) is 2.93. The molecule has 0 aliphatic rings. The molecule has 7 heteroatoms. The molecule has 2 aromatic heterocycles. The van der Waals surface area contributed by atoms with E-state index >= 15 is 0 Å². The van der Waals surface area contributed by atoms with Crippen molar-refractivity contribution in [2.75, 3.05) is 11.9 Å². The fraction of sp³-hybridized carbons (Fsp3) is 0.250. The fourth-order valence-corrected chi connectivity index (χ4v) is 2.19. The quantitative estimate of drug-likeness (QED) is 0.794. The van der Waals surface area contributed by atoms with Crippen molar-refractivity contribution in [3.8, 4) is 11.8 Å². The molecule has 0 bridgehead atoms. The molecule has 1 amide bonds. The SMILES string of the molecule is Cc1nn(C)cc1C(=O)Nc1ncc(C#CCO)s1. The molecule has 0 fully saturated rings. The third-order valence-corrected chi connectivity index (χ3v) is 3.10. The van der Waals surface area contributed by atoms with Crippen molar-refractivity contribution in [2.45, 2.75) is 6.92 Å². The average molecular weight is 276 g/mol. The van der Waals surface area contributed by atoms with E-state index in [4.69, 9.17) is 5.11 Å². The van der Waals surface area contributed by atoms with Gasteiger partial charge in [0.1, 0.15) is 6.61 Å². The smallest absolute Gasteiger partial charge is 0.260 e. The van der Waals surface area contributed by atoms with Gasteiger partial charge in [-0.25, -0.2) is 4.98 Å². The topological polar surface area (TPSA) is 80.0 Å². The number of nitrogens with zero attached hydrogens (tertiary/aromatic N) is 3. The van der Waals surface area contributed by atoms with Crippen LogP contribution in [-0.2, 0) is 7.05 Å². The summed E-state index contributed by atoms with van der Waals surface area (Å²) in [6, 6.07) is 0. The van der Waals surface area contributed by atoms with E-state index in [-0.39, 0.29) is 12.5 Å². The molecule has 2 aromatic rings. The number of nitrogens with one attached hydrogen (secondary N) is 1. The van der Waals surface area contributed by atoms with Gasteiger partial charge in [0.15, 0.2) is 5.13 Å². The second kappa shape index (κ2) is 5.65. The molecule has 0 spiro atoms. The minimum Gasteiger partial charge on any atom is -0.384 e. The molecule has 2 heterocycles. The van der Waals surface area contributed by atoms with Gasteiger partial charge >= 0.3 is 0 Å². The van der Waals surface area contributed by atoms with E-state index in [1.54, 1.807) is 31.0 Å². The van der Waals surface area contributed by atoms with Crippen LogP contribution in [0.25, 0.3) is 0 Å². The number of aryl methyl sites for hydroxylation is 2. The lowest BCUT2D eigenvalue weighted by Gasteiger charge is -1.98. The van der Waals surface area contributed by atoms with Crippen LogP contribution in [0.2, 0.25) is 0 Å². The number of thiazole rings is 1. The highest BCUT2D eigenvalue weighted by Gasteiger charge is 2.13. The number of amides is 1. The summed E-state index contributed by atoms with van der Waals surface area (Å²) < 4.78 is 1.59. The first-order valence-corrected chi connectivity index (χ1v) is 6.29. The molecule has 6 nitrogen and oxygen atoms in total. The van der Waals surface area contributed by atoms with Crippen molar-refractivity contribution >= 4 is 22.4 Å². The van der Waals surface area contributed by atoms with Crippen molar-refractivity contribution in [3.05, 3.63) is 28.5 Å². The second-order valence-corrected chi connectivity index (χ2v) is 4.78. The number of carbonyl (C=O) groups excluding carboxylic acids is 1. The number of aliphatic hydroxyl groups is 1. The number of aliphatic hydroxyl groups excluding tert-OH is 1. The maximum atomic E-state index is 12.0. The molecule has 19 heavy (non-hydrogen) atoms. The molecule has 2 rings (SSSR count). The van der Waals surface area contributed by atoms with Crippen molar-refractivity contribution < 1.29 is 9.90 Å². The molecule has 0 atom stereocenters. The molecule has 2 N–H and O–H groups in total. The molecule has 0 unspecified atom stereocenters. The van der Waals surface area contributed by atoms with Gasteiger partial charge in [-0.2, -0.15) is 5.10 Å². The van der Waals surface area contributed by atoms with E-state index in [9.17, 15) is 4.79 Å². The summed E-state index contributed by atoms with van der Waals surface area (Å²) in [6.07, 6.45) is 3.21. The summed E-state index contributed by atoms with van der Waals surface area (Å²) in [5, 5.41) is 15.9. The lowest BCUT2D eigenvalue weighted by Crippen LogP contribution is -2.12. The number of aromatic nitrogens is 3. The minimum absolute atomic E-state index is 0.200. The van der Waals surface area contributed by atoms with Crippen LogP contribution in [0.1, 0.15) is 20.9 Å². The molecule has 0 aliphatic heterocycles. The van der Waals surface area contributed by atoms with Gasteiger partial charge in [0, 0.05) is 13.2 Å². The molecule has 0 saturated carbocycles. The first kappa shape index (κ1) is 13.3. The summed E-state index contributed by atoms with van der Waals surface area (Å²) in [7, 11) is 1.76. The number of hydrogen-bond donors (Lipinski definition) is 2. The predicted octanol–water partition coefficient (Wildman–Crippen LogP) is 0.781. The van der Waals surface area contributed by atoms with E-state index < -0.39 is 0 Å². The maximum absolute atomic E-state index is 12.0. The number of rotatable bonds is 2. The van der Waals surface area contributed by atoms with E-state index in [1.165, 1.54) is 11.3 Å². The van der Waals surface area contributed by atoms with Gasteiger partial charge in [-0.05, 0) is 6.92 Å². The Kier molecular flexibility index (Phi) is 3.94. The Labute approximate surface area is 114 Å². The first-order valence-electron chi connectivity index (χ1n) is 5.47. The summed E-state index contributed by atoms with van der Waals surface area (Å²) in [5.74, 6) is 5.01. The van der Waals surface area contributed by atoms with Gasteiger partial charge in [0.2, 0.25) is 0 Å². The first-order chi connectivity index (χ1) is 9.10. The van der Waals surface area contributed by atoms with E-state index in [1.807, 2.05) is 0 Å². The maximum Gasteiger partial charge on any atom is 0.260 e. The largest absolute Gasteiger partial charge is 0.384 e. The Hall–Kier alpha value is -2.17. The fourth-order valence-electron chi connectivity index (χ4n) is 1.50. The van der Waals surface area contributed by atoms with Crippen LogP contribution in [0.5, 0.6) is 0 Å². The van der Waals surface area contributed by atoms with Crippen molar-refractivity contribution in [1.82, 2.24) is 14.8 Å². The summed E-state index contributed by atoms with van der Waals surface area (Å²) >= 11 is 1.25. The summed E-state index contributed by atoms with van der Waals surface area (Å²) in [4.78, 5) is 16.7. The van der Waals surface area contributed by atoms with Gasteiger partial charge in [0.25, 0.3) is 5.91 Å². The van der Waals surface area contributed by atoms with Crippen LogP contribution in [0.3, 0.4) is 0 Å². The minimum atomic E-state index is -0.249. The van der Waals surface area contributed by atoms with Gasteiger partial charge in [-0.3, -0.25) is 14.8 Å². The van der Waals surface area contributed by atoms with Crippen molar-refractivity contribution in [1.29, 1.82) is 0 Å². The Morgan fingerprint density at radius 1 is 1.63 bits per heavy atom. The highest BCUT2D eigenvalue weighted by atomic mass is 32.1. The normalized spacial score (nSPS) is 9.84. The van der Waals surface area contributed by atoms with E-state index in [0.717, 1.165) is 0 Å². The lowest BCUT2D eigenvalue weighted by molar-refractivity contribution is 0.102. The zero-order valence-corrected chi connectivity index (χ0v) is 11.3. The summed E-state index contributed by atoms with van der Waals surface area (Å²) in [5.41, 5.74) is 1.18. The second-order valence-electron chi connectivity index (χ2n) is 3.75. The molecule has 0 aromatic carbocycles. The van der Waals surface area contributed by atoms with Crippen LogP contribution in [0, 0.1) is 18.8 Å². The Bertz CT molecular complexity index is 663. The zero-order valence-electron chi connectivity index (χ0n) is 10.5. The molecule has 0 radical (unpaired) electrons. The lowest BCUT2D eigenvalue weighted by atomic mass is 10.2. The monoisotopic (exact) mass is 276 g/mol. The molecular weight excluding hydrogens is 264 g/mol. The van der Waals surface area contributed by atoms with Gasteiger partial charge in [-0.1, -0.05) is 23.2 Å². The van der Waals surface area contributed by atoms with Crippen LogP contribution >= 0.6 is 11.3 Å². The molecule has 0 aliphatic carbocycles. The van der Waals surface area contributed by atoms with Gasteiger partial charge in [0.05, 0.1) is 22.3 Å². The van der Waals surface area contributed by atoms with E-state index in [2.05, 4.69) is 27.2 Å². The molecule has 98 valence electrons. The van der Waals surface area contributed by atoms with Crippen LogP contribution in [0.4, 0.5) is 5.13 Å². The molecular formula is C12H12N4O2S.